The first kappa shape index (κ1) is 15.1. The highest BCUT2D eigenvalue weighted by atomic mass is 79.9. The summed E-state index contributed by atoms with van der Waals surface area (Å²) in [5.74, 6) is 1.20. The Hall–Kier alpha value is 0.01000. The van der Waals surface area contributed by atoms with Crippen LogP contribution < -0.4 is 5.32 Å². The van der Waals surface area contributed by atoms with Crippen molar-refractivity contribution in [2.45, 2.75) is 44.0 Å². The van der Waals surface area contributed by atoms with Crippen LogP contribution in [0.4, 0.5) is 0 Å². The third kappa shape index (κ3) is 7.85. The smallest absolute Gasteiger partial charge is 0.0186 e. The average Bonchev–Trinajstić information content (AvgIpc) is 2.22. The SMILES string of the molecule is CC(C)(C)NCCCCSc1cccc(Br)c1. The lowest BCUT2D eigenvalue weighted by atomic mass is 10.1. The Morgan fingerprint density at radius 2 is 2.00 bits per heavy atom. The summed E-state index contributed by atoms with van der Waals surface area (Å²) < 4.78 is 1.16. The maximum atomic E-state index is 3.51. The van der Waals surface area contributed by atoms with E-state index in [-0.39, 0.29) is 5.54 Å². The maximum Gasteiger partial charge on any atom is 0.0186 e. The van der Waals surface area contributed by atoms with Crippen LogP contribution in [-0.4, -0.2) is 17.8 Å². The second kappa shape index (κ2) is 7.45. The molecule has 0 atom stereocenters. The quantitative estimate of drug-likeness (QED) is 0.602. The van der Waals surface area contributed by atoms with Crippen molar-refractivity contribution in [3.8, 4) is 0 Å². The van der Waals surface area contributed by atoms with E-state index in [9.17, 15) is 0 Å². The topological polar surface area (TPSA) is 12.0 Å². The lowest BCUT2D eigenvalue weighted by Crippen LogP contribution is -2.36. The van der Waals surface area contributed by atoms with Crippen LogP contribution in [-0.2, 0) is 0 Å². The Bertz CT molecular complexity index is 333. The minimum absolute atomic E-state index is 0.247. The lowest BCUT2D eigenvalue weighted by molar-refractivity contribution is 0.421. The minimum Gasteiger partial charge on any atom is -0.312 e. The molecule has 0 aliphatic rings. The Labute approximate surface area is 118 Å². The van der Waals surface area contributed by atoms with Crippen molar-refractivity contribution in [2.24, 2.45) is 0 Å². The van der Waals surface area contributed by atoms with E-state index in [1.54, 1.807) is 0 Å². The fourth-order valence-electron chi connectivity index (χ4n) is 1.44. The van der Waals surface area contributed by atoms with Gasteiger partial charge >= 0.3 is 0 Å². The van der Waals surface area contributed by atoms with Crippen molar-refractivity contribution >= 4 is 27.7 Å². The minimum atomic E-state index is 0.247. The molecule has 1 rings (SSSR count). The Morgan fingerprint density at radius 3 is 2.65 bits per heavy atom. The van der Waals surface area contributed by atoms with Gasteiger partial charge in [0.15, 0.2) is 0 Å². The Kier molecular flexibility index (Phi) is 6.60. The van der Waals surface area contributed by atoms with Crippen LogP contribution in [0.5, 0.6) is 0 Å². The summed E-state index contributed by atoms with van der Waals surface area (Å²) in [6, 6.07) is 8.51. The molecule has 0 amide bonds. The number of unbranched alkanes of at least 4 members (excludes halogenated alkanes) is 1. The molecule has 1 aromatic carbocycles. The van der Waals surface area contributed by atoms with Crippen LogP contribution in [0.25, 0.3) is 0 Å². The van der Waals surface area contributed by atoms with Gasteiger partial charge in [-0.3, -0.25) is 0 Å². The molecule has 0 aliphatic carbocycles. The molecule has 96 valence electrons. The van der Waals surface area contributed by atoms with Gasteiger partial charge in [0.05, 0.1) is 0 Å². The highest BCUT2D eigenvalue weighted by molar-refractivity contribution is 9.10. The molecule has 17 heavy (non-hydrogen) atoms. The van der Waals surface area contributed by atoms with Crippen LogP contribution in [0.2, 0.25) is 0 Å². The molecule has 0 unspecified atom stereocenters. The molecule has 0 heterocycles. The van der Waals surface area contributed by atoms with Gasteiger partial charge < -0.3 is 5.32 Å². The van der Waals surface area contributed by atoms with E-state index in [2.05, 4.69) is 66.3 Å². The van der Waals surface area contributed by atoms with Gasteiger partial charge in [0.2, 0.25) is 0 Å². The molecule has 3 heteroatoms. The molecule has 1 N–H and O–H groups in total. The molecule has 1 aromatic rings. The summed E-state index contributed by atoms with van der Waals surface area (Å²) in [7, 11) is 0. The first-order valence-electron chi connectivity index (χ1n) is 6.11. The molecule has 1 nitrogen and oxygen atoms in total. The molecule has 0 saturated heterocycles. The summed E-state index contributed by atoms with van der Waals surface area (Å²) in [6.45, 7) is 7.75. The second-order valence-electron chi connectivity index (χ2n) is 5.19. The predicted octanol–water partition coefficient (Wildman–Crippen LogP) is 4.71. The van der Waals surface area contributed by atoms with Gasteiger partial charge in [-0.15, -0.1) is 11.8 Å². The molecule has 0 aromatic heterocycles. The van der Waals surface area contributed by atoms with Gasteiger partial charge in [-0.25, -0.2) is 0 Å². The normalized spacial score (nSPS) is 11.8. The van der Waals surface area contributed by atoms with E-state index in [0.29, 0.717) is 0 Å². The fraction of sp³-hybridized carbons (Fsp3) is 0.571. The van der Waals surface area contributed by atoms with E-state index >= 15 is 0 Å². The number of hydrogen-bond donors (Lipinski definition) is 1. The summed E-state index contributed by atoms with van der Waals surface area (Å²) in [5, 5.41) is 3.51. The van der Waals surface area contributed by atoms with Crippen LogP contribution >= 0.6 is 27.7 Å². The van der Waals surface area contributed by atoms with E-state index < -0.39 is 0 Å². The standard InChI is InChI=1S/C14H22BrNS/c1-14(2,3)16-9-4-5-10-17-13-8-6-7-12(15)11-13/h6-8,11,16H,4-5,9-10H2,1-3H3. The molecule has 0 aliphatic heterocycles. The Balaban J connectivity index is 2.09. The molecule has 0 fully saturated rings. The van der Waals surface area contributed by atoms with Gasteiger partial charge in [0.1, 0.15) is 0 Å². The zero-order valence-corrected chi connectivity index (χ0v) is 13.3. The number of nitrogens with one attached hydrogen (secondary N) is 1. The van der Waals surface area contributed by atoms with Crippen LogP contribution in [0.15, 0.2) is 33.6 Å². The van der Waals surface area contributed by atoms with E-state index in [1.165, 1.54) is 23.5 Å². The first-order chi connectivity index (χ1) is 7.97. The third-order valence-electron chi connectivity index (χ3n) is 2.29. The summed E-state index contributed by atoms with van der Waals surface area (Å²) in [4.78, 5) is 1.35. The van der Waals surface area contributed by atoms with Crippen molar-refractivity contribution in [2.75, 3.05) is 12.3 Å². The number of benzene rings is 1. The van der Waals surface area contributed by atoms with Gasteiger partial charge in [0, 0.05) is 14.9 Å². The fourth-order valence-corrected chi connectivity index (χ4v) is 2.96. The highest BCUT2D eigenvalue weighted by Crippen LogP contribution is 2.22. The van der Waals surface area contributed by atoms with Crippen molar-refractivity contribution in [3.05, 3.63) is 28.7 Å². The zero-order valence-electron chi connectivity index (χ0n) is 10.9. The molecular weight excluding hydrogens is 294 g/mol. The number of thioether (sulfide) groups is 1. The predicted molar refractivity (Wildman–Crippen MR) is 81.9 cm³/mol. The van der Waals surface area contributed by atoms with E-state index in [1.807, 2.05) is 11.8 Å². The zero-order chi connectivity index (χ0) is 12.7. The monoisotopic (exact) mass is 315 g/mol. The summed E-state index contributed by atoms with van der Waals surface area (Å²) in [6.07, 6.45) is 2.51. The highest BCUT2D eigenvalue weighted by Gasteiger charge is 2.06. The van der Waals surface area contributed by atoms with Crippen molar-refractivity contribution < 1.29 is 0 Å². The van der Waals surface area contributed by atoms with E-state index in [0.717, 1.165) is 11.0 Å². The van der Waals surface area contributed by atoms with Gasteiger partial charge in [-0.1, -0.05) is 22.0 Å². The number of rotatable bonds is 6. The van der Waals surface area contributed by atoms with Crippen LogP contribution in [0.3, 0.4) is 0 Å². The van der Waals surface area contributed by atoms with Gasteiger partial charge in [-0.05, 0) is 64.1 Å². The third-order valence-corrected chi connectivity index (χ3v) is 3.86. The van der Waals surface area contributed by atoms with E-state index in [4.69, 9.17) is 0 Å². The summed E-state index contributed by atoms with van der Waals surface area (Å²) >= 11 is 5.43. The number of halogens is 1. The van der Waals surface area contributed by atoms with Gasteiger partial charge in [-0.2, -0.15) is 0 Å². The lowest BCUT2D eigenvalue weighted by Gasteiger charge is -2.20. The van der Waals surface area contributed by atoms with Crippen molar-refractivity contribution in [1.82, 2.24) is 5.32 Å². The van der Waals surface area contributed by atoms with Crippen molar-refractivity contribution in [1.29, 1.82) is 0 Å². The second-order valence-corrected chi connectivity index (χ2v) is 7.27. The van der Waals surface area contributed by atoms with Crippen LogP contribution in [0, 0.1) is 0 Å². The van der Waals surface area contributed by atoms with Crippen LogP contribution in [0.1, 0.15) is 33.6 Å². The molecule has 0 radical (unpaired) electrons. The molecule has 0 spiro atoms. The summed E-state index contributed by atoms with van der Waals surface area (Å²) in [5.41, 5.74) is 0.247. The van der Waals surface area contributed by atoms with Gasteiger partial charge in [0.25, 0.3) is 0 Å². The Morgan fingerprint density at radius 1 is 1.24 bits per heavy atom. The average molecular weight is 316 g/mol. The first-order valence-corrected chi connectivity index (χ1v) is 7.89. The largest absolute Gasteiger partial charge is 0.312 e. The molecular formula is C14H22BrNS. The van der Waals surface area contributed by atoms with Crippen molar-refractivity contribution in [3.63, 3.8) is 0 Å². The molecule has 0 saturated carbocycles. The maximum absolute atomic E-state index is 3.51. The molecule has 0 bridgehead atoms. The number of hydrogen-bond acceptors (Lipinski definition) is 2.